The van der Waals surface area contributed by atoms with E-state index < -0.39 is 0 Å². The van der Waals surface area contributed by atoms with E-state index in [-0.39, 0.29) is 5.82 Å². The lowest BCUT2D eigenvalue weighted by Gasteiger charge is -2.25. The van der Waals surface area contributed by atoms with Crippen molar-refractivity contribution in [2.24, 2.45) is 0 Å². The highest BCUT2D eigenvalue weighted by Gasteiger charge is 2.27. The predicted molar refractivity (Wildman–Crippen MR) is 107 cm³/mol. The van der Waals surface area contributed by atoms with Gasteiger partial charge in [-0.15, -0.1) is 11.3 Å². The molecule has 0 amide bonds. The van der Waals surface area contributed by atoms with Crippen molar-refractivity contribution in [1.29, 1.82) is 0 Å². The molecule has 0 spiro atoms. The summed E-state index contributed by atoms with van der Waals surface area (Å²) in [5.74, 6) is 0.342. The first-order valence-corrected chi connectivity index (χ1v) is 10.0. The van der Waals surface area contributed by atoms with Crippen LogP contribution in [0.3, 0.4) is 0 Å². The zero-order valence-corrected chi connectivity index (χ0v) is 15.7. The van der Waals surface area contributed by atoms with Crippen molar-refractivity contribution >= 4 is 22.0 Å². The molecule has 4 heteroatoms. The summed E-state index contributed by atoms with van der Waals surface area (Å²) in [6.45, 7) is 2.24. The molecule has 134 valence electrons. The number of allylic oxidation sites excluding steroid dienone is 2. The van der Waals surface area contributed by atoms with Gasteiger partial charge in [0.15, 0.2) is 0 Å². The summed E-state index contributed by atoms with van der Waals surface area (Å²) in [6, 6.07) is 6.93. The number of hydrogen-bond donors (Lipinski definition) is 2. The van der Waals surface area contributed by atoms with Crippen LogP contribution in [0.2, 0.25) is 0 Å². The number of anilines is 2. The summed E-state index contributed by atoms with van der Waals surface area (Å²) in [4.78, 5) is 1.38. The molecule has 2 aromatic rings. The number of thiophene rings is 1. The lowest BCUT2D eigenvalue weighted by molar-refractivity contribution is 0.623. The third-order valence-corrected chi connectivity index (χ3v) is 6.35. The van der Waals surface area contributed by atoms with Crippen LogP contribution in [0.1, 0.15) is 60.9 Å². The highest BCUT2D eigenvalue weighted by atomic mass is 32.1. The molecular weight excluding hydrogens is 331 g/mol. The zero-order valence-electron chi connectivity index (χ0n) is 14.9. The SMILES string of the molecule is CCC1/C(=C\CCCCc2cccc(F)c2)CCc2c1sc(N)c2N. The first-order valence-electron chi connectivity index (χ1n) is 9.20. The molecule has 0 radical (unpaired) electrons. The fourth-order valence-electron chi connectivity index (χ4n) is 3.81. The monoisotopic (exact) mass is 358 g/mol. The lowest BCUT2D eigenvalue weighted by atomic mass is 9.82. The summed E-state index contributed by atoms with van der Waals surface area (Å²) in [5.41, 5.74) is 16.9. The minimum absolute atomic E-state index is 0.141. The number of halogens is 1. The Balaban J connectivity index is 1.56. The maximum atomic E-state index is 13.2. The molecule has 4 N–H and O–H groups in total. The zero-order chi connectivity index (χ0) is 17.8. The summed E-state index contributed by atoms with van der Waals surface area (Å²) in [7, 11) is 0. The molecule has 1 unspecified atom stereocenters. The molecule has 1 aliphatic rings. The second-order valence-corrected chi connectivity index (χ2v) is 7.92. The van der Waals surface area contributed by atoms with Crippen LogP contribution >= 0.6 is 11.3 Å². The van der Waals surface area contributed by atoms with Gasteiger partial charge in [-0.3, -0.25) is 0 Å². The van der Waals surface area contributed by atoms with Crippen LogP contribution in [-0.2, 0) is 12.8 Å². The molecule has 3 rings (SSSR count). The number of nitrogen functional groups attached to an aromatic ring is 2. The van der Waals surface area contributed by atoms with E-state index in [1.54, 1.807) is 29.0 Å². The van der Waals surface area contributed by atoms with Gasteiger partial charge in [0.25, 0.3) is 0 Å². The van der Waals surface area contributed by atoms with E-state index in [4.69, 9.17) is 11.5 Å². The summed E-state index contributed by atoms with van der Waals surface area (Å²) >= 11 is 1.67. The standard InChI is InChI=1S/C21H27FN2S/c1-2-17-15(11-12-18-19(23)21(24)25-20(17)18)9-5-3-4-7-14-8-6-10-16(22)13-14/h6,8-10,13,17H,2-5,7,11-12,23-24H2,1H3/b15-9-. The summed E-state index contributed by atoms with van der Waals surface area (Å²) in [6.07, 6.45) is 9.89. The Morgan fingerprint density at radius 1 is 1.24 bits per heavy atom. The predicted octanol–water partition coefficient (Wildman–Crippen LogP) is 5.83. The molecule has 0 saturated carbocycles. The molecule has 0 saturated heterocycles. The molecule has 1 heterocycles. The van der Waals surface area contributed by atoms with E-state index in [2.05, 4.69) is 13.0 Å². The van der Waals surface area contributed by atoms with Gasteiger partial charge in [0, 0.05) is 10.8 Å². The van der Waals surface area contributed by atoms with Gasteiger partial charge in [0.2, 0.25) is 0 Å². The Morgan fingerprint density at radius 3 is 2.84 bits per heavy atom. The van der Waals surface area contributed by atoms with Gasteiger partial charge in [-0.2, -0.15) is 0 Å². The van der Waals surface area contributed by atoms with E-state index in [0.29, 0.717) is 5.92 Å². The number of benzene rings is 1. The Bertz CT molecular complexity index is 763. The molecule has 25 heavy (non-hydrogen) atoms. The van der Waals surface area contributed by atoms with Crippen LogP contribution in [0.5, 0.6) is 0 Å². The Kier molecular flexibility index (Phi) is 5.79. The van der Waals surface area contributed by atoms with Gasteiger partial charge in [0.05, 0.1) is 5.69 Å². The van der Waals surface area contributed by atoms with Crippen molar-refractivity contribution in [3.8, 4) is 0 Å². The first-order chi connectivity index (χ1) is 12.1. The fourth-order valence-corrected chi connectivity index (χ4v) is 5.08. The first kappa shape index (κ1) is 18.0. The third-order valence-electron chi connectivity index (χ3n) is 5.16. The second-order valence-electron chi connectivity index (χ2n) is 6.84. The number of fused-ring (bicyclic) bond motifs is 1. The number of rotatable bonds is 6. The maximum Gasteiger partial charge on any atom is 0.123 e. The van der Waals surface area contributed by atoms with Gasteiger partial charge in [0.1, 0.15) is 10.8 Å². The normalized spacial score (nSPS) is 18.5. The van der Waals surface area contributed by atoms with E-state index >= 15 is 0 Å². The number of nitrogens with two attached hydrogens (primary N) is 2. The topological polar surface area (TPSA) is 52.0 Å². The largest absolute Gasteiger partial charge is 0.396 e. The molecule has 1 aromatic carbocycles. The van der Waals surface area contributed by atoms with Crippen LogP contribution in [0.15, 0.2) is 35.9 Å². The molecule has 0 fully saturated rings. The highest BCUT2D eigenvalue weighted by Crippen LogP contribution is 2.47. The summed E-state index contributed by atoms with van der Waals surface area (Å²) < 4.78 is 13.2. The Labute approximate surface area is 153 Å². The molecule has 1 aromatic heterocycles. The average Bonchev–Trinajstić information content (AvgIpc) is 2.89. The van der Waals surface area contributed by atoms with Crippen LogP contribution in [0, 0.1) is 5.82 Å². The smallest absolute Gasteiger partial charge is 0.123 e. The van der Waals surface area contributed by atoms with Gasteiger partial charge < -0.3 is 11.5 Å². The summed E-state index contributed by atoms with van der Waals surface area (Å²) in [5, 5.41) is 0.778. The Hall–Kier alpha value is -1.81. The van der Waals surface area contributed by atoms with Gasteiger partial charge >= 0.3 is 0 Å². The second kappa shape index (κ2) is 8.05. The van der Waals surface area contributed by atoms with Crippen molar-refractivity contribution < 1.29 is 4.39 Å². The van der Waals surface area contributed by atoms with Crippen molar-refractivity contribution in [2.75, 3.05) is 11.5 Å². The molecule has 1 atom stereocenters. The van der Waals surface area contributed by atoms with Crippen molar-refractivity contribution in [1.82, 2.24) is 0 Å². The number of aryl methyl sites for hydroxylation is 1. The van der Waals surface area contributed by atoms with Crippen LogP contribution in [0.4, 0.5) is 15.1 Å². The molecular formula is C21H27FN2S. The van der Waals surface area contributed by atoms with Gasteiger partial charge in [-0.1, -0.05) is 30.7 Å². The van der Waals surface area contributed by atoms with Crippen LogP contribution in [-0.4, -0.2) is 0 Å². The number of hydrogen-bond acceptors (Lipinski definition) is 3. The van der Waals surface area contributed by atoms with Crippen molar-refractivity contribution in [3.05, 3.63) is 57.7 Å². The lowest BCUT2D eigenvalue weighted by Crippen LogP contribution is -2.11. The Morgan fingerprint density at radius 2 is 2.08 bits per heavy atom. The maximum absolute atomic E-state index is 13.2. The fraction of sp³-hybridized carbons (Fsp3) is 0.429. The van der Waals surface area contributed by atoms with Crippen molar-refractivity contribution in [3.63, 3.8) is 0 Å². The molecule has 2 nitrogen and oxygen atoms in total. The highest BCUT2D eigenvalue weighted by molar-refractivity contribution is 7.17. The third kappa shape index (κ3) is 4.06. The van der Waals surface area contributed by atoms with Crippen LogP contribution < -0.4 is 11.5 Å². The quantitative estimate of drug-likeness (QED) is 0.504. The van der Waals surface area contributed by atoms with Gasteiger partial charge in [-0.05, 0) is 68.2 Å². The van der Waals surface area contributed by atoms with E-state index in [0.717, 1.165) is 61.2 Å². The minimum atomic E-state index is -0.141. The van der Waals surface area contributed by atoms with E-state index in [1.165, 1.54) is 16.5 Å². The number of unbranched alkanes of at least 4 members (excludes halogenated alkanes) is 2. The molecule has 1 aliphatic carbocycles. The van der Waals surface area contributed by atoms with Gasteiger partial charge in [-0.25, -0.2) is 4.39 Å². The molecule has 0 bridgehead atoms. The van der Waals surface area contributed by atoms with Crippen LogP contribution in [0.25, 0.3) is 0 Å². The van der Waals surface area contributed by atoms with E-state index in [9.17, 15) is 4.39 Å². The van der Waals surface area contributed by atoms with Crippen molar-refractivity contribution in [2.45, 2.75) is 57.8 Å². The minimum Gasteiger partial charge on any atom is -0.396 e. The van der Waals surface area contributed by atoms with E-state index in [1.807, 2.05) is 6.07 Å². The average molecular weight is 359 g/mol. The molecule has 0 aliphatic heterocycles.